The number of carbonyl (C=O) groups is 1. The number of hydrogen-bond donors (Lipinski definition) is 1. The molecule has 0 unspecified atom stereocenters. The minimum Gasteiger partial charge on any atom is -0.490 e. The van der Waals surface area contributed by atoms with E-state index in [-0.39, 0.29) is 24.4 Å². The van der Waals surface area contributed by atoms with Gasteiger partial charge in [0.2, 0.25) is 0 Å². The maximum atomic E-state index is 12.3. The molecule has 0 saturated carbocycles. The Hall–Kier alpha value is -1.52. The summed E-state index contributed by atoms with van der Waals surface area (Å²) < 4.78 is 5.39. The summed E-state index contributed by atoms with van der Waals surface area (Å²) in [6.45, 7) is 5.55. The van der Waals surface area contributed by atoms with Crippen LogP contribution in [0.25, 0.3) is 0 Å². The highest BCUT2D eigenvalue weighted by Gasteiger charge is 2.21. The maximum absolute atomic E-state index is 12.3. The molecule has 1 aromatic carbocycles. The minimum atomic E-state index is 0. The van der Waals surface area contributed by atoms with Gasteiger partial charge in [-0.25, -0.2) is 0 Å². The van der Waals surface area contributed by atoms with Crippen LogP contribution in [-0.2, 0) is 0 Å². The highest BCUT2D eigenvalue weighted by Crippen LogP contribution is 2.16. The molecule has 1 aromatic rings. The van der Waals surface area contributed by atoms with E-state index in [1.165, 1.54) is 0 Å². The average molecular weight is 297 g/mol. The number of nitrogens with two attached hydrogens (primary N) is 1. The van der Waals surface area contributed by atoms with Crippen molar-refractivity contribution in [3.8, 4) is 5.75 Å². The second-order valence-electron chi connectivity index (χ2n) is 4.75. The minimum absolute atomic E-state index is 0. The fraction of sp³-hybridized carbons (Fsp3) is 0.400. The van der Waals surface area contributed by atoms with Crippen LogP contribution in [0.1, 0.15) is 23.2 Å². The van der Waals surface area contributed by atoms with Crippen molar-refractivity contribution in [2.75, 3.05) is 19.7 Å². The van der Waals surface area contributed by atoms with Crippen LogP contribution in [0, 0.1) is 0 Å². The van der Waals surface area contributed by atoms with E-state index in [0.29, 0.717) is 12.2 Å². The molecule has 5 heteroatoms. The summed E-state index contributed by atoms with van der Waals surface area (Å²) in [5, 5.41) is 0. The number of piperidine rings is 1. The Balaban J connectivity index is 0.00000200. The predicted octanol–water partition coefficient (Wildman–Crippen LogP) is 2.24. The first-order valence-corrected chi connectivity index (χ1v) is 6.59. The monoisotopic (exact) mass is 296 g/mol. The number of carbonyl (C=O) groups excluding carboxylic acids is 1. The molecule has 2 N–H and O–H groups in total. The third-order valence-electron chi connectivity index (χ3n) is 3.30. The van der Waals surface area contributed by atoms with E-state index in [9.17, 15) is 4.79 Å². The van der Waals surface area contributed by atoms with Gasteiger partial charge in [0.05, 0.1) is 0 Å². The Bertz CT molecular complexity index is 440. The summed E-state index contributed by atoms with van der Waals surface area (Å²) in [7, 11) is 0. The van der Waals surface area contributed by atoms with E-state index in [0.717, 1.165) is 31.7 Å². The largest absolute Gasteiger partial charge is 0.490 e. The molecule has 0 atom stereocenters. The summed E-state index contributed by atoms with van der Waals surface area (Å²) >= 11 is 0. The van der Waals surface area contributed by atoms with Crippen LogP contribution in [0.5, 0.6) is 5.75 Å². The zero-order chi connectivity index (χ0) is 13.7. The lowest BCUT2D eigenvalue weighted by atomic mass is 10.0. The van der Waals surface area contributed by atoms with E-state index in [1.807, 2.05) is 17.0 Å². The molecule has 1 saturated heterocycles. The number of hydrogen-bond acceptors (Lipinski definition) is 3. The van der Waals surface area contributed by atoms with Gasteiger partial charge in [0.15, 0.2) is 0 Å². The van der Waals surface area contributed by atoms with E-state index in [4.69, 9.17) is 10.5 Å². The van der Waals surface area contributed by atoms with E-state index < -0.39 is 0 Å². The Morgan fingerprint density at radius 3 is 2.50 bits per heavy atom. The fourth-order valence-electron chi connectivity index (χ4n) is 2.13. The van der Waals surface area contributed by atoms with E-state index in [1.54, 1.807) is 18.2 Å². The van der Waals surface area contributed by atoms with Gasteiger partial charge in [-0.2, -0.15) is 0 Å². The summed E-state index contributed by atoms with van der Waals surface area (Å²) in [5.41, 5.74) is 6.54. The third kappa shape index (κ3) is 4.25. The number of benzene rings is 1. The SMILES string of the molecule is C=CCOc1ccc(C(=O)N2CCC(N)CC2)cc1.Cl. The van der Waals surface area contributed by atoms with Crippen molar-refractivity contribution < 1.29 is 9.53 Å². The highest BCUT2D eigenvalue weighted by molar-refractivity contribution is 5.94. The number of likely N-dealkylation sites (tertiary alicyclic amines) is 1. The van der Waals surface area contributed by atoms with Crippen molar-refractivity contribution in [1.82, 2.24) is 4.90 Å². The molecule has 1 heterocycles. The molecule has 1 fully saturated rings. The van der Waals surface area contributed by atoms with Crippen LogP contribution in [0.3, 0.4) is 0 Å². The Morgan fingerprint density at radius 1 is 1.35 bits per heavy atom. The van der Waals surface area contributed by atoms with Crippen LogP contribution in [-0.4, -0.2) is 36.5 Å². The number of ether oxygens (including phenoxy) is 1. The van der Waals surface area contributed by atoms with Crippen LogP contribution in [0.15, 0.2) is 36.9 Å². The first-order valence-electron chi connectivity index (χ1n) is 6.59. The zero-order valence-electron chi connectivity index (χ0n) is 11.5. The van der Waals surface area contributed by atoms with Gasteiger partial charge in [-0.1, -0.05) is 12.7 Å². The van der Waals surface area contributed by atoms with Gasteiger partial charge in [-0.3, -0.25) is 4.79 Å². The molecule has 0 aliphatic carbocycles. The first-order chi connectivity index (χ1) is 9.20. The molecular formula is C15H21ClN2O2. The normalized spacial score (nSPS) is 15.3. The van der Waals surface area contributed by atoms with E-state index in [2.05, 4.69) is 6.58 Å². The highest BCUT2D eigenvalue weighted by atomic mass is 35.5. The van der Waals surface area contributed by atoms with Gasteiger partial charge >= 0.3 is 0 Å². The average Bonchev–Trinajstić information content (AvgIpc) is 2.46. The van der Waals surface area contributed by atoms with Crippen LogP contribution < -0.4 is 10.5 Å². The lowest BCUT2D eigenvalue weighted by Gasteiger charge is -2.30. The molecule has 2 rings (SSSR count). The number of nitrogens with zero attached hydrogens (tertiary/aromatic N) is 1. The van der Waals surface area contributed by atoms with Crippen molar-refractivity contribution >= 4 is 18.3 Å². The number of amides is 1. The molecule has 0 radical (unpaired) electrons. The van der Waals surface area contributed by atoms with Crippen molar-refractivity contribution in [2.24, 2.45) is 5.73 Å². The lowest BCUT2D eigenvalue weighted by molar-refractivity contribution is 0.0714. The summed E-state index contributed by atoms with van der Waals surface area (Å²) in [5.74, 6) is 0.819. The van der Waals surface area contributed by atoms with Crippen LogP contribution >= 0.6 is 12.4 Å². The topological polar surface area (TPSA) is 55.6 Å². The lowest BCUT2D eigenvalue weighted by Crippen LogP contribution is -2.42. The number of rotatable bonds is 4. The second kappa shape index (κ2) is 7.92. The van der Waals surface area contributed by atoms with Gasteiger partial charge in [0.25, 0.3) is 5.91 Å². The molecular weight excluding hydrogens is 276 g/mol. The Morgan fingerprint density at radius 2 is 1.95 bits per heavy atom. The fourth-order valence-corrected chi connectivity index (χ4v) is 2.13. The molecule has 1 amide bonds. The third-order valence-corrected chi connectivity index (χ3v) is 3.30. The standard InChI is InChI=1S/C15H20N2O2.ClH/c1-2-11-19-14-5-3-12(4-6-14)15(18)17-9-7-13(16)8-10-17;/h2-6,13H,1,7-11,16H2;1H. The van der Waals surface area contributed by atoms with E-state index >= 15 is 0 Å². The van der Waals surface area contributed by atoms with Crippen LogP contribution in [0.4, 0.5) is 0 Å². The molecule has 4 nitrogen and oxygen atoms in total. The van der Waals surface area contributed by atoms with Gasteiger partial charge < -0.3 is 15.4 Å². The predicted molar refractivity (Wildman–Crippen MR) is 82.5 cm³/mol. The zero-order valence-corrected chi connectivity index (χ0v) is 12.3. The van der Waals surface area contributed by atoms with Gasteiger partial charge in [-0.15, -0.1) is 12.4 Å². The molecule has 0 spiro atoms. The van der Waals surface area contributed by atoms with Crippen molar-refractivity contribution in [1.29, 1.82) is 0 Å². The van der Waals surface area contributed by atoms with Crippen molar-refractivity contribution in [2.45, 2.75) is 18.9 Å². The quantitative estimate of drug-likeness (QED) is 0.867. The second-order valence-corrected chi connectivity index (χ2v) is 4.75. The molecule has 20 heavy (non-hydrogen) atoms. The molecule has 1 aliphatic heterocycles. The van der Waals surface area contributed by atoms with Gasteiger partial charge in [0.1, 0.15) is 12.4 Å². The molecule has 1 aliphatic rings. The molecule has 0 aromatic heterocycles. The Kier molecular flexibility index (Phi) is 6.55. The smallest absolute Gasteiger partial charge is 0.253 e. The summed E-state index contributed by atoms with van der Waals surface area (Å²) in [6.07, 6.45) is 3.45. The van der Waals surface area contributed by atoms with Crippen molar-refractivity contribution in [3.05, 3.63) is 42.5 Å². The Labute approximate surface area is 126 Å². The van der Waals surface area contributed by atoms with Crippen molar-refractivity contribution in [3.63, 3.8) is 0 Å². The summed E-state index contributed by atoms with van der Waals surface area (Å²) in [6, 6.07) is 7.46. The van der Waals surface area contributed by atoms with Crippen LogP contribution in [0.2, 0.25) is 0 Å². The number of halogens is 1. The molecule has 0 bridgehead atoms. The summed E-state index contributed by atoms with van der Waals surface area (Å²) in [4.78, 5) is 14.1. The first kappa shape index (κ1) is 16.5. The maximum Gasteiger partial charge on any atom is 0.253 e. The van der Waals surface area contributed by atoms with Gasteiger partial charge in [0, 0.05) is 24.7 Å². The molecule has 110 valence electrons. The van der Waals surface area contributed by atoms with Gasteiger partial charge in [-0.05, 0) is 37.1 Å².